The number of ether oxygens (including phenoxy) is 1. The topological polar surface area (TPSA) is 75.6 Å². The lowest BCUT2D eigenvalue weighted by molar-refractivity contribution is 0.0699. The van der Waals surface area contributed by atoms with Gasteiger partial charge in [-0.3, -0.25) is 4.79 Å². The average Bonchev–Trinajstić information content (AvgIpc) is 3.09. The molecule has 0 atom stereocenters. The van der Waals surface area contributed by atoms with E-state index in [2.05, 4.69) is 95.7 Å². The van der Waals surface area contributed by atoms with Crippen LogP contribution < -0.4 is 10.1 Å². The summed E-state index contributed by atoms with van der Waals surface area (Å²) >= 11 is 9.78. The summed E-state index contributed by atoms with van der Waals surface area (Å²) in [5, 5.41) is 14.6. The van der Waals surface area contributed by atoms with E-state index in [4.69, 9.17) is 4.74 Å². The van der Waals surface area contributed by atoms with Crippen LogP contribution in [0.4, 0.5) is 5.00 Å². The Hall–Kier alpha value is -0.200. The van der Waals surface area contributed by atoms with Gasteiger partial charge in [0.1, 0.15) is 16.3 Å². The van der Waals surface area contributed by atoms with Crippen molar-refractivity contribution in [1.29, 1.82) is 0 Å². The molecule has 1 aromatic heterocycles. The second-order valence-electron chi connectivity index (χ2n) is 5.69. The molecular weight excluding hydrogens is 846 g/mol. The van der Waals surface area contributed by atoms with E-state index in [1.165, 1.54) is 11.3 Å². The number of amides is 1. The molecular formula is C19H11I4NO4S. The number of halogens is 4. The van der Waals surface area contributed by atoms with Gasteiger partial charge in [-0.05, 0) is 114 Å². The van der Waals surface area contributed by atoms with E-state index >= 15 is 0 Å². The van der Waals surface area contributed by atoms with Gasteiger partial charge in [0.25, 0.3) is 5.91 Å². The van der Waals surface area contributed by atoms with Gasteiger partial charge in [-0.2, -0.15) is 0 Å². The summed E-state index contributed by atoms with van der Waals surface area (Å²) in [5.74, 6) is -0.826. The third-order valence-electron chi connectivity index (χ3n) is 3.93. The molecule has 0 bridgehead atoms. The summed E-state index contributed by atoms with van der Waals surface area (Å²) in [7, 11) is 1.56. The van der Waals surface area contributed by atoms with E-state index in [1.54, 1.807) is 18.6 Å². The molecule has 150 valence electrons. The van der Waals surface area contributed by atoms with E-state index in [9.17, 15) is 14.7 Å². The molecule has 2 aromatic carbocycles. The fourth-order valence-electron chi connectivity index (χ4n) is 2.63. The van der Waals surface area contributed by atoms with E-state index in [1.807, 2.05) is 24.3 Å². The standard InChI is InChI=1S/C19H11I4NO4S/c1-28-16-14(22)10(6-12(21)15(16)23)17(25)24-18-13(19(26)27)11(7-29-18)8-3-2-4-9(20)5-8/h2-7H,1H3,(H,24,25)(H,26,27). The number of hydrogen-bond acceptors (Lipinski definition) is 4. The minimum atomic E-state index is -1.08. The van der Waals surface area contributed by atoms with Crippen LogP contribution in [0.25, 0.3) is 11.1 Å². The highest BCUT2D eigenvalue weighted by molar-refractivity contribution is 14.1. The number of thiophene rings is 1. The van der Waals surface area contributed by atoms with Crippen molar-refractivity contribution in [2.75, 3.05) is 12.4 Å². The lowest BCUT2D eigenvalue weighted by atomic mass is 10.0. The molecule has 2 N–H and O–H groups in total. The Morgan fingerprint density at radius 2 is 1.83 bits per heavy atom. The molecule has 1 amide bonds. The fourth-order valence-corrected chi connectivity index (χ4v) is 6.73. The van der Waals surface area contributed by atoms with Gasteiger partial charge < -0.3 is 15.2 Å². The van der Waals surface area contributed by atoms with Gasteiger partial charge in [-0.1, -0.05) is 12.1 Å². The third kappa shape index (κ3) is 5.01. The highest BCUT2D eigenvalue weighted by atomic mass is 127. The lowest BCUT2D eigenvalue weighted by Crippen LogP contribution is -2.16. The summed E-state index contributed by atoms with van der Waals surface area (Å²) in [6.07, 6.45) is 0. The van der Waals surface area contributed by atoms with E-state index in [0.29, 0.717) is 25.4 Å². The maximum atomic E-state index is 13.0. The van der Waals surface area contributed by atoms with Crippen molar-refractivity contribution in [2.45, 2.75) is 0 Å². The van der Waals surface area contributed by atoms with Gasteiger partial charge in [-0.25, -0.2) is 4.79 Å². The Morgan fingerprint density at radius 3 is 2.45 bits per heavy atom. The summed E-state index contributed by atoms with van der Waals surface area (Å²) in [4.78, 5) is 25.0. The minimum absolute atomic E-state index is 0.0903. The first-order valence-corrected chi connectivity index (χ1v) is 13.1. The van der Waals surface area contributed by atoms with Crippen LogP contribution in [0.3, 0.4) is 0 Å². The van der Waals surface area contributed by atoms with Crippen molar-refractivity contribution in [3.05, 3.63) is 61.1 Å². The molecule has 0 aliphatic carbocycles. The second kappa shape index (κ2) is 9.95. The van der Waals surface area contributed by atoms with Gasteiger partial charge in [0.2, 0.25) is 0 Å². The monoisotopic (exact) mass is 857 g/mol. The zero-order valence-corrected chi connectivity index (χ0v) is 24.0. The van der Waals surface area contributed by atoms with E-state index in [0.717, 1.165) is 16.3 Å². The largest absolute Gasteiger partial charge is 0.494 e. The van der Waals surface area contributed by atoms with E-state index in [-0.39, 0.29) is 11.5 Å². The first-order valence-electron chi connectivity index (χ1n) is 7.88. The van der Waals surface area contributed by atoms with Crippen LogP contribution in [0, 0.1) is 14.3 Å². The SMILES string of the molecule is COc1c(I)c(I)cc(C(=O)Nc2scc(-c3cccc(I)c3)c2C(=O)O)c1I. The number of anilines is 1. The summed E-state index contributed by atoms with van der Waals surface area (Å²) < 4.78 is 8.93. The Bertz CT molecular complexity index is 1130. The zero-order chi connectivity index (χ0) is 21.3. The molecule has 0 saturated heterocycles. The second-order valence-corrected chi connectivity index (χ2v) is 11.1. The maximum absolute atomic E-state index is 13.0. The zero-order valence-electron chi connectivity index (χ0n) is 14.6. The molecule has 0 radical (unpaired) electrons. The van der Waals surface area contributed by atoms with Gasteiger partial charge >= 0.3 is 5.97 Å². The summed E-state index contributed by atoms with van der Waals surface area (Å²) in [6, 6.07) is 9.36. The number of carboxylic acids is 1. The van der Waals surface area contributed by atoms with E-state index < -0.39 is 5.97 Å². The molecule has 0 spiro atoms. The number of rotatable bonds is 5. The van der Waals surface area contributed by atoms with Gasteiger partial charge in [0.15, 0.2) is 0 Å². The predicted molar refractivity (Wildman–Crippen MR) is 149 cm³/mol. The number of carbonyl (C=O) groups excluding carboxylic acids is 1. The minimum Gasteiger partial charge on any atom is -0.494 e. The first-order chi connectivity index (χ1) is 13.7. The molecule has 0 aliphatic rings. The number of aromatic carboxylic acids is 1. The molecule has 0 fully saturated rings. The number of methoxy groups -OCH3 is 1. The van der Waals surface area contributed by atoms with Gasteiger partial charge in [-0.15, -0.1) is 11.3 Å². The Balaban J connectivity index is 2.03. The van der Waals surface area contributed by atoms with Crippen LogP contribution >= 0.6 is 102 Å². The van der Waals surface area contributed by atoms with Crippen LogP contribution in [0.5, 0.6) is 5.75 Å². The molecule has 3 aromatic rings. The lowest BCUT2D eigenvalue weighted by Gasteiger charge is -2.13. The molecule has 0 saturated carbocycles. The molecule has 0 aliphatic heterocycles. The van der Waals surface area contributed by atoms with Crippen molar-refractivity contribution in [2.24, 2.45) is 0 Å². The quantitative estimate of drug-likeness (QED) is 0.219. The number of hydrogen-bond donors (Lipinski definition) is 2. The molecule has 29 heavy (non-hydrogen) atoms. The molecule has 1 heterocycles. The maximum Gasteiger partial charge on any atom is 0.339 e. The average molecular weight is 857 g/mol. The fraction of sp³-hybridized carbons (Fsp3) is 0.0526. The van der Waals surface area contributed by atoms with Crippen LogP contribution in [0.1, 0.15) is 20.7 Å². The molecule has 0 unspecified atom stereocenters. The Labute approximate surface area is 225 Å². The number of benzene rings is 2. The van der Waals surface area contributed by atoms with Crippen LogP contribution in [0.2, 0.25) is 0 Å². The highest BCUT2D eigenvalue weighted by Gasteiger charge is 2.24. The van der Waals surface area contributed by atoms with Gasteiger partial charge in [0, 0.05) is 18.1 Å². The van der Waals surface area contributed by atoms with Crippen molar-refractivity contribution in [3.8, 4) is 16.9 Å². The molecule has 3 rings (SSSR count). The Morgan fingerprint density at radius 1 is 1.10 bits per heavy atom. The summed E-state index contributed by atoms with van der Waals surface area (Å²) in [5.41, 5.74) is 1.91. The number of carboxylic acid groups (broad SMARTS) is 1. The number of nitrogens with one attached hydrogen (secondary N) is 1. The normalized spacial score (nSPS) is 10.7. The Kier molecular flexibility index (Phi) is 8.05. The molecule has 10 heteroatoms. The predicted octanol–water partition coefficient (Wildman–Crippen LogP) is 6.79. The smallest absolute Gasteiger partial charge is 0.339 e. The first kappa shape index (κ1) is 23.5. The van der Waals surface area contributed by atoms with Crippen molar-refractivity contribution < 1.29 is 19.4 Å². The van der Waals surface area contributed by atoms with Crippen LogP contribution in [0.15, 0.2) is 35.7 Å². The van der Waals surface area contributed by atoms with Crippen molar-refractivity contribution in [1.82, 2.24) is 0 Å². The van der Waals surface area contributed by atoms with Crippen molar-refractivity contribution in [3.63, 3.8) is 0 Å². The van der Waals surface area contributed by atoms with Crippen molar-refractivity contribution >= 4 is 119 Å². The molecule has 5 nitrogen and oxygen atoms in total. The summed E-state index contributed by atoms with van der Waals surface area (Å²) in [6.45, 7) is 0. The van der Waals surface area contributed by atoms with Crippen LogP contribution in [-0.2, 0) is 0 Å². The third-order valence-corrected chi connectivity index (χ3v) is 9.52. The van der Waals surface area contributed by atoms with Crippen LogP contribution in [-0.4, -0.2) is 24.1 Å². The highest BCUT2D eigenvalue weighted by Crippen LogP contribution is 2.38. The van der Waals surface area contributed by atoms with Gasteiger partial charge in [0.05, 0.1) is 19.8 Å². The number of carbonyl (C=O) groups is 2.